The Morgan fingerprint density at radius 1 is 1.17 bits per heavy atom. The first-order chi connectivity index (χ1) is 14.1. The quantitative estimate of drug-likeness (QED) is 0.611. The monoisotopic (exact) mass is 460 g/mol. The molecule has 0 spiro atoms. The maximum atomic E-state index is 12.7. The summed E-state index contributed by atoms with van der Waals surface area (Å²) in [5.41, 5.74) is 1.59. The van der Waals surface area contributed by atoms with E-state index in [2.05, 4.69) is 26.6 Å². The minimum Gasteiger partial charge on any atom is -0.493 e. The number of nitrogens with one attached hydrogen (secondary N) is 2. The molecule has 7 heteroatoms. The number of anilines is 1. The average Bonchev–Trinajstić information content (AvgIpc) is 3.25. The van der Waals surface area contributed by atoms with Crippen molar-refractivity contribution in [3.05, 3.63) is 58.1 Å². The highest BCUT2D eigenvalue weighted by Crippen LogP contribution is 2.25. The van der Waals surface area contributed by atoms with Gasteiger partial charge in [0.2, 0.25) is 0 Å². The predicted molar refractivity (Wildman–Crippen MR) is 116 cm³/mol. The van der Waals surface area contributed by atoms with E-state index in [9.17, 15) is 9.59 Å². The molecule has 2 aromatic carbocycles. The summed E-state index contributed by atoms with van der Waals surface area (Å²) in [6.07, 6.45) is 2.98. The number of halogens is 1. The maximum Gasteiger partial charge on any atom is 0.259 e. The standard InChI is InChI=1S/C22H25BrN2O4/c1-2-11-29-20-10-7-16(23)13-19(20)22(27)25-17-8-5-15(6-9-17)21(26)24-14-18-4-3-12-28-18/h5-10,13,18H,2-4,11-12,14H2,1H3,(H,24,26)(H,25,27). The van der Waals surface area contributed by atoms with Crippen LogP contribution in [0.15, 0.2) is 46.9 Å². The lowest BCUT2D eigenvalue weighted by atomic mass is 10.1. The Labute approximate surface area is 179 Å². The molecule has 1 aliphatic heterocycles. The average molecular weight is 461 g/mol. The minimum atomic E-state index is -0.270. The SMILES string of the molecule is CCCOc1ccc(Br)cc1C(=O)Nc1ccc(C(=O)NCC2CCCO2)cc1. The summed E-state index contributed by atoms with van der Waals surface area (Å²) < 4.78 is 12.0. The van der Waals surface area contributed by atoms with Crippen molar-refractivity contribution in [2.24, 2.45) is 0 Å². The molecule has 1 atom stereocenters. The van der Waals surface area contributed by atoms with Crippen molar-refractivity contribution in [2.75, 3.05) is 25.1 Å². The molecule has 0 saturated carbocycles. The van der Waals surface area contributed by atoms with Gasteiger partial charge in [0.15, 0.2) is 0 Å². The number of rotatable bonds is 8. The van der Waals surface area contributed by atoms with Crippen molar-refractivity contribution in [3.8, 4) is 5.75 Å². The van der Waals surface area contributed by atoms with Crippen LogP contribution in [0.5, 0.6) is 5.75 Å². The number of ether oxygens (including phenoxy) is 2. The van der Waals surface area contributed by atoms with Gasteiger partial charge < -0.3 is 20.1 Å². The van der Waals surface area contributed by atoms with Gasteiger partial charge in [0.05, 0.1) is 18.3 Å². The highest BCUT2D eigenvalue weighted by Gasteiger charge is 2.17. The van der Waals surface area contributed by atoms with E-state index in [0.717, 1.165) is 30.3 Å². The highest BCUT2D eigenvalue weighted by atomic mass is 79.9. The second kappa shape index (κ2) is 10.4. The number of amides is 2. The predicted octanol–water partition coefficient (Wildman–Crippen LogP) is 4.40. The molecule has 1 heterocycles. The molecule has 6 nitrogen and oxygen atoms in total. The Hall–Kier alpha value is -2.38. The van der Waals surface area contributed by atoms with Gasteiger partial charge in [0.1, 0.15) is 5.75 Å². The van der Waals surface area contributed by atoms with Crippen LogP contribution in [0.25, 0.3) is 0 Å². The number of carbonyl (C=O) groups is 2. The van der Waals surface area contributed by atoms with Crippen LogP contribution in [0.2, 0.25) is 0 Å². The van der Waals surface area contributed by atoms with Crippen molar-refractivity contribution in [1.29, 1.82) is 0 Å². The molecular weight excluding hydrogens is 436 g/mol. The molecule has 2 N–H and O–H groups in total. The molecule has 1 saturated heterocycles. The second-order valence-corrected chi connectivity index (χ2v) is 7.78. The molecule has 0 bridgehead atoms. The topological polar surface area (TPSA) is 76.7 Å². The van der Waals surface area contributed by atoms with Crippen molar-refractivity contribution < 1.29 is 19.1 Å². The van der Waals surface area contributed by atoms with E-state index in [0.29, 0.717) is 35.7 Å². The lowest BCUT2D eigenvalue weighted by Gasteiger charge is -2.13. The van der Waals surface area contributed by atoms with Gasteiger partial charge in [-0.2, -0.15) is 0 Å². The van der Waals surface area contributed by atoms with Crippen LogP contribution >= 0.6 is 15.9 Å². The van der Waals surface area contributed by atoms with E-state index in [4.69, 9.17) is 9.47 Å². The molecule has 2 aromatic rings. The van der Waals surface area contributed by atoms with Gasteiger partial charge >= 0.3 is 0 Å². The van der Waals surface area contributed by atoms with E-state index >= 15 is 0 Å². The van der Waals surface area contributed by atoms with Crippen molar-refractivity contribution in [1.82, 2.24) is 5.32 Å². The summed E-state index contributed by atoms with van der Waals surface area (Å²) >= 11 is 3.39. The van der Waals surface area contributed by atoms with Crippen LogP contribution in [0.4, 0.5) is 5.69 Å². The molecule has 1 aliphatic rings. The molecule has 2 amide bonds. The first-order valence-electron chi connectivity index (χ1n) is 9.80. The fourth-order valence-electron chi connectivity index (χ4n) is 3.03. The first kappa shape index (κ1) is 21.3. The molecule has 0 aliphatic carbocycles. The van der Waals surface area contributed by atoms with Crippen molar-refractivity contribution in [2.45, 2.75) is 32.3 Å². The summed E-state index contributed by atoms with van der Waals surface area (Å²) in [5, 5.41) is 5.74. The van der Waals surface area contributed by atoms with Gasteiger partial charge in [-0.3, -0.25) is 9.59 Å². The maximum absolute atomic E-state index is 12.7. The van der Waals surface area contributed by atoms with E-state index < -0.39 is 0 Å². The molecule has 3 rings (SSSR count). The Morgan fingerprint density at radius 2 is 1.97 bits per heavy atom. The van der Waals surface area contributed by atoms with Gasteiger partial charge in [-0.25, -0.2) is 0 Å². The number of carbonyl (C=O) groups excluding carboxylic acids is 2. The largest absolute Gasteiger partial charge is 0.493 e. The summed E-state index contributed by atoms with van der Waals surface area (Å²) in [7, 11) is 0. The van der Waals surface area contributed by atoms with Crippen molar-refractivity contribution >= 4 is 33.4 Å². The van der Waals surface area contributed by atoms with E-state index in [1.54, 1.807) is 36.4 Å². The van der Waals surface area contributed by atoms with Gasteiger partial charge in [-0.1, -0.05) is 22.9 Å². The number of benzene rings is 2. The lowest BCUT2D eigenvalue weighted by molar-refractivity contribution is 0.0857. The van der Waals surface area contributed by atoms with E-state index in [1.807, 2.05) is 13.0 Å². The summed E-state index contributed by atoms with van der Waals surface area (Å²) in [6.45, 7) is 3.83. The Morgan fingerprint density at radius 3 is 2.66 bits per heavy atom. The lowest BCUT2D eigenvalue weighted by Crippen LogP contribution is -2.31. The molecule has 29 heavy (non-hydrogen) atoms. The van der Waals surface area contributed by atoms with Crippen LogP contribution in [-0.2, 0) is 4.74 Å². The molecule has 0 radical (unpaired) electrons. The third-order valence-corrected chi connectivity index (χ3v) is 5.06. The molecule has 1 fully saturated rings. The summed E-state index contributed by atoms with van der Waals surface area (Å²) in [5.74, 6) is 0.117. The van der Waals surface area contributed by atoms with Crippen LogP contribution in [0, 0.1) is 0 Å². The van der Waals surface area contributed by atoms with Crippen LogP contribution in [-0.4, -0.2) is 37.7 Å². The van der Waals surface area contributed by atoms with Gasteiger partial charge in [0, 0.05) is 28.9 Å². The number of hydrogen-bond acceptors (Lipinski definition) is 4. The summed E-state index contributed by atoms with van der Waals surface area (Å²) in [6, 6.07) is 12.1. The van der Waals surface area contributed by atoms with Gasteiger partial charge in [-0.15, -0.1) is 0 Å². The van der Waals surface area contributed by atoms with E-state index in [1.165, 1.54) is 0 Å². The molecule has 1 unspecified atom stereocenters. The number of hydrogen-bond donors (Lipinski definition) is 2. The van der Waals surface area contributed by atoms with Crippen LogP contribution < -0.4 is 15.4 Å². The fourth-order valence-corrected chi connectivity index (χ4v) is 3.40. The zero-order chi connectivity index (χ0) is 20.6. The first-order valence-corrected chi connectivity index (χ1v) is 10.6. The smallest absolute Gasteiger partial charge is 0.259 e. The zero-order valence-corrected chi connectivity index (χ0v) is 18.0. The molecule has 154 valence electrons. The fraction of sp³-hybridized carbons (Fsp3) is 0.364. The third kappa shape index (κ3) is 6.05. The third-order valence-electron chi connectivity index (χ3n) is 4.57. The summed E-state index contributed by atoms with van der Waals surface area (Å²) in [4.78, 5) is 25.0. The van der Waals surface area contributed by atoms with Gasteiger partial charge in [-0.05, 0) is 61.7 Å². The highest BCUT2D eigenvalue weighted by molar-refractivity contribution is 9.10. The van der Waals surface area contributed by atoms with E-state index in [-0.39, 0.29) is 17.9 Å². The van der Waals surface area contributed by atoms with Gasteiger partial charge in [0.25, 0.3) is 11.8 Å². The normalized spacial score (nSPS) is 15.7. The zero-order valence-electron chi connectivity index (χ0n) is 16.4. The second-order valence-electron chi connectivity index (χ2n) is 6.87. The van der Waals surface area contributed by atoms with Crippen molar-refractivity contribution in [3.63, 3.8) is 0 Å². The Balaban J connectivity index is 1.61. The molecular formula is C22H25BrN2O4. The molecule has 0 aromatic heterocycles. The Bertz CT molecular complexity index is 848. The van der Waals surface area contributed by atoms with Crippen LogP contribution in [0.1, 0.15) is 46.9 Å². The van der Waals surface area contributed by atoms with Crippen LogP contribution in [0.3, 0.4) is 0 Å². The Kier molecular flexibility index (Phi) is 7.66. The minimum absolute atomic E-state index is 0.104.